The molecule has 0 unspecified atom stereocenters. The van der Waals surface area contributed by atoms with Crippen LogP contribution in [0, 0.1) is 6.92 Å². The van der Waals surface area contributed by atoms with Gasteiger partial charge in [-0.2, -0.15) is 0 Å². The van der Waals surface area contributed by atoms with Crippen LogP contribution in [0.25, 0.3) is 0 Å². The van der Waals surface area contributed by atoms with Gasteiger partial charge in [0.15, 0.2) is 0 Å². The fraction of sp³-hybridized carbons (Fsp3) is 0.429. The van der Waals surface area contributed by atoms with Crippen LogP contribution in [0.5, 0.6) is 0 Å². The molecule has 0 aliphatic carbocycles. The van der Waals surface area contributed by atoms with Crippen LogP contribution in [0.15, 0.2) is 6.33 Å². The normalized spacial score (nSPS) is 15.9. The predicted molar refractivity (Wildman–Crippen MR) is 38.8 cm³/mol. The summed E-state index contributed by atoms with van der Waals surface area (Å²) in [5, 5.41) is 2.74. The first-order valence-corrected chi connectivity index (χ1v) is 3.54. The van der Waals surface area contributed by atoms with E-state index in [-0.39, 0.29) is 5.91 Å². The molecule has 1 aliphatic heterocycles. The van der Waals surface area contributed by atoms with E-state index in [9.17, 15) is 4.79 Å². The Hall–Kier alpha value is -1.32. The molecule has 1 amide bonds. The Labute approximate surface area is 64.2 Å². The molecule has 1 aromatic heterocycles. The second-order valence-electron chi connectivity index (χ2n) is 2.68. The van der Waals surface area contributed by atoms with E-state index >= 15 is 0 Å². The van der Waals surface area contributed by atoms with Crippen LogP contribution in [-0.4, -0.2) is 15.5 Å². The van der Waals surface area contributed by atoms with E-state index in [0.717, 1.165) is 11.4 Å². The number of hydrogen-bond donors (Lipinski definition) is 1. The molecule has 58 valence electrons. The first kappa shape index (κ1) is 6.39. The summed E-state index contributed by atoms with van der Waals surface area (Å²) in [6, 6.07) is 0. The number of carbonyl (C=O) groups is 1. The second-order valence-corrected chi connectivity index (χ2v) is 2.68. The lowest BCUT2D eigenvalue weighted by atomic mass is 10.2. The molecule has 0 fully saturated rings. The van der Waals surface area contributed by atoms with E-state index in [0.29, 0.717) is 13.1 Å². The molecule has 1 aliphatic rings. The third kappa shape index (κ3) is 0.906. The van der Waals surface area contributed by atoms with Gasteiger partial charge in [0.05, 0.1) is 30.8 Å². The number of aromatic nitrogens is 2. The van der Waals surface area contributed by atoms with E-state index in [4.69, 9.17) is 0 Å². The predicted octanol–water partition coefficient (Wildman–Crippen LogP) is -0.179. The van der Waals surface area contributed by atoms with Crippen LogP contribution >= 0.6 is 0 Å². The number of nitrogens with zero attached hydrogens (tertiary/aromatic N) is 2. The first-order valence-electron chi connectivity index (χ1n) is 3.54. The van der Waals surface area contributed by atoms with E-state index in [1.54, 1.807) is 6.33 Å². The van der Waals surface area contributed by atoms with Crippen molar-refractivity contribution in [2.45, 2.75) is 20.0 Å². The lowest BCUT2D eigenvalue weighted by molar-refractivity contribution is -0.121. The molecule has 1 N–H and O–H groups in total. The first-order chi connectivity index (χ1) is 5.27. The van der Waals surface area contributed by atoms with Crippen LogP contribution in [-0.2, 0) is 17.9 Å². The van der Waals surface area contributed by atoms with Crippen molar-refractivity contribution in [2.24, 2.45) is 0 Å². The molecule has 0 aromatic carbocycles. The van der Waals surface area contributed by atoms with Gasteiger partial charge >= 0.3 is 0 Å². The van der Waals surface area contributed by atoms with Crippen molar-refractivity contribution in [1.29, 1.82) is 0 Å². The fourth-order valence-corrected chi connectivity index (χ4v) is 1.26. The molecule has 0 spiro atoms. The Morgan fingerprint density at radius 2 is 2.55 bits per heavy atom. The molecule has 0 atom stereocenters. The number of nitrogens with one attached hydrogen (secondary N) is 1. The average Bonchev–Trinajstić information content (AvgIpc) is 2.33. The van der Waals surface area contributed by atoms with Crippen molar-refractivity contribution in [1.82, 2.24) is 14.9 Å². The summed E-state index contributed by atoms with van der Waals surface area (Å²) < 4.78 is 1.96. The maximum atomic E-state index is 10.9. The minimum absolute atomic E-state index is 0.0844. The summed E-state index contributed by atoms with van der Waals surface area (Å²) in [4.78, 5) is 15.0. The number of rotatable bonds is 0. The summed E-state index contributed by atoms with van der Waals surface area (Å²) in [5.41, 5.74) is 1.99. The fourth-order valence-electron chi connectivity index (χ4n) is 1.26. The zero-order chi connectivity index (χ0) is 7.84. The number of carbonyl (C=O) groups excluding carboxylic acids is 1. The van der Waals surface area contributed by atoms with Gasteiger partial charge in [-0.25, -0.2) is 4.98 Å². The number of fused-ring (bicyclic) bond motifs is 1. The van der Waals surface area contributed by atoms with Crippen molar-refractivity contribution < 1.29 is 4.79 Å². The average molecular weight is 151 g/mol. The zero-order valence-corrected chi connectivity index (χ0v) is 6.29. The van der Waals surface area contributed by atoms with Gasteiger partial charge in [0, 0.05) is 0 Å². The Bertz CT molecular complexity index is 303. The second kappa shape index (κ2) is 2.08. The van der Waals surface area contributed by atoms with Crippen LogP contribution in [0.2, 0.25) is 0 Å². The van der Waals surface area contributed by atoms with Gasteiger partial charge < -0.3 is 9.88 Å². The lowest BCUT2D eigenvalue weighted by Crippen LogP contribution is -2.34. The van der Waals surface area contributed by atoms with Gasteiger partial charge in [-0.1, -0.05) is 0 Å². The Balaban J connectivity index is 2.45. The Kier molecular flexibility index (Phi) is 1.21. The molecular weight excluding hydrogens is 142 g/mol. The summed E-state index contributed by atoms with van der Waals surface area (Å²) in [7, 11) is 0. The monoisotopic (exact) mass is 151 g/mol. The largest absolute Gasteiger partial charge is 0.338 e. The van der Waals surface area contributed by atoms with Crippen LogP contribution < -0.4 is 5.32 Å². The number of aryl methyl sites for hydroxylation is 1. The highest BCUT2D eigenvalue weighted by Gasteiger charge is 2.16. The van der Waals surface area contributed by atoms with Gasteiger partial charge in [0.2, 0.25) is 5.91 Å². The lowest BCUT2D eigenvalue weighted by Gasteiger charge is -2.15. The van der Waals surface area contributed by atoms with Crippen molar-refractivity contribution in [2.75, 3.05) is 0 Å². The van der Waals surface area contributed by atoms with Gasteiger partial charge in [-0.05, 0) is 6.92 Å². The quantitative estimate of drug-likeness (QED) is 0.559. The third-order valence-electron chi connectivity index (χ3n) is 1.93. The highest BCUT2D eigenvalue weighted by Crippen LogP contribution is 2.09. The molecule has 2 heterocycles. The Morgan fingerprint density at radius 1 is 1.73 bits per heavy atom. The molecule has 2 rings (SSSR count). The number of amides is 1. The molecule has 0 bridgehead atoms. The van der Waals surface area contributed by atoms with E-state index in [1.165, 1.54) is 0 Å². The molecule has 4 nitrogen and oxygen atoms in total. The highest BCUT2D eigenvalue weighted by atomic mass is 16.1. The maximum absolute atomic E-state index is 10.9. The summed E-state index contributed by atoms with van der Waals surface area (Å²) in [6.45, 7) is 2.49. The molecule has 0 saturated heterocycles. The SMILES string of the molecule is Cc1ncn2c1CC(=O)NC2. The van der Waals surface area contributed by atoms with E-state index in [2.05, 4.69) is 10.3 Å². The molecule has 4 heteroatoms. The maximum Gasteiger partial charge on any atom is 0.227 e. The zero-order valence-electron chi connectivity index (χ0n) is 6.29. The van der Waals surface area contributed by atoms with Gasteiger partial charge in [-0.15, -0.1) is 0 Å². The topological polar surface area (TPSA) is 46.9 Å². The smallest absolute Gasteiger partial charge is 0.227 e. The van der Waals surface area contributed by atoms with E-state index in [1.807, 2.05) is 11.5 Å². The van der Waals surface area contributed by atoms with Gasteiger partial charge in [-0.3, -0.25) is 4.79 Å². The standard InChI is InChI=1S/C7H9N3O/c1-5-6-2-7(11)9-4-10(6)3-8-5/h3H,2,4H2,1H3,(H,9,11). The minimum Gasteiger partial charge on any atom is -0.338 e. The van der Waals surface area contributed by atoms with Crippen molar-refractivity contribution >= 4 is 5.91 Å². The summed E-state index contributed by atoms with van der Waals surface area (Å²) >= 11 is 0. The molecule has 0 radical (unpaired) electrons. The Morgan fingerprint density at radius 3 is 3.36 bits per heavy atom. The molecular formula is C7H9N3O. The minimum atomic E-state index is 0.0844. The van der Waals surface area contributed by atoms with Gasteiger partial charge in [0.25, 0.3) is 0 Å². The third-order valence-corrected chi connectivity index (χ3v) is 1.93. The summed E-state index contributed by atoms with van der Waals surface area (Å²) in [6.07, 6.45) is 2.22. The summed E-state index contributed by atoms with van der Waals surface area (Å²) in [5.74, 6) is 0.0844. The number of hydrogen-bond acceptors (Lipinski definition) is 2. The van der Waals surface area contributed by atoms with E-state index < -0.39 is 0 Å². The molecule has 1 aromatic rings. The number of imidazole rings is 1. The molecule has 11 heavy (non-hydrogen) atoms. The molecule has 0 saturated carbocycles. The van der Waals surface area contributed by atoms with Crippen LogP contribution in [0.3, 0.4) is 0 Å². The van der Waals surface area contributed by atoms with Crippen LogP contribution in [0.1, 0.15) is 11.4 Å². The van der Waals surface area contributed by atoms with Crippen molar-refractivity contribution in [3.63, 3.8) is 0 Å². The van der Waals surface area contributed by atoms with Crippen molar-refractivity contribution in [3.8, 4) is 0 Å². The van der Waals surface area contributed by atoms with Crippen molar-refractivity contribution in [3.05, 3.63) is 17.7 Å². The highest BCUT2D eigenvalue weighted by molar-refractivity contribution is 5.79. The van der Waals surface area contributed by atoms with Crippen LogP contribution in [0.4, 0.5) is 0 Å². The van der Waals surface area contributed by atoms with Gasteiger partial charge in [0.1, 0.15) is 0 Å².